The van der Waals surface area contributed by atoms with E-state index in [9.17, 15) is 9.59 Å². The summed E-state index contributed by atoms with van der Waals surface area (Å²) in [4.78, 5) is 30.9. The maximum absolute atomic E-state index is 11.8. The largest absolute Gasteiger partial charge is 0.480 e. The average molecular weight is 326 g/mol. The lowest BCUT2D eigenvalue weighted by Crippen LogP contribution is -2.40. The molecule has 1 aromatic carbocycles. The summed E-state index contributed by atoms with van der Waals surface area (Å²) in [7, 11) is 0. The van der Waals surface area contributed by atoms with Crippen LogP contribution in [0, 0.1) is 0 Å². The monoisotopic (exact) mass is 326 g/mol. The van der Waals surface area contributed by atoms with E-state index >= 15 is 0 Å². The highest BCUT2D eigenvalue weighted by atomic mass is 16.4. The third kappa shape index (κ3) is 3.32. The van der Waals surface area contributed by atoms with Crippen molar-refractivity contribution in [2.24, 2.45) is 0 Å². The van der Waals surface area contributed by atoms with Gasteiger partial charge in [-0.05, 0) is 37.3 Å². The van der Waals surface area contributed by atoms with E-state index in [1.54, 1.807) is 36.7 Å². The fourth-order valence-corrected chi connectivity index (χ4v) is 2.04. The minimum absolute atomic E-state index is 0.430. The molecule has 3 rings (SSSR count). The Bertz CT molecular complexity index is 891. The molecule has 0 aliphatic carbocycles. The predicted octanol–water partition coefficient (Wildman–Crippen LogP) is 2.48. The number of urea groups is 1. The Morgan fingerprint density at radius 2 is 2.12 bits per heavy atom. The molecule has 0 radical (unpaired) electrons. The molecule has 0 saturated carbocycles. The van der Waals surface area contributed by atoms with Crippen molar-refractivity contribution in [3.63, 3.8) is 0 Å². The molecule has 8 heteroatoms. The molecule has 2 heterocycles. The zero-order valence-electron chi connectivity index (χ0n) is 12.7. The number of benzene rings is 1. The highest BCUT2D eigenvalue weighted by Crippen LogP contribution is 2.25. The maximum Gasteiger partial charge on any atom is 0.325 e. The molecule has 3 N–H and O–H groups in total. The molecule has 2 amide bonds. The highest BCUT2D eigenvalue weighted by molar-refractivity contribution is 5.94. The SMILES string of the molecule is CC(NC(=O)Nc1ccc2oc(-c3cccnc3)nc2c1)C(=O)O. The number of hydrogen-bond acceptors (Lipinski definition) is 5. The van der Waals surface area contributed by atoms with Crippen LogP contribution in [0.25, 0.3) is 22.6 Å². The topological polar surface area (TPSA) is 117 Å². The molecule has 0 aliphatic heterocycles. The number of anilines is 1. The Labute approximate surface area is 136 Å². The van der Waals surface area contributed by atoms with Crippen LogP contribution in [-0.2, 0) is 4.79 Å². The lowest BCUT2D eigenvalue weighted by atomic mass is 10.3. The van der Waals surface area contributed by atoms with Crippen LogP contribution >= 0.6 is 0 Å². The molecule has 1 unspecified atom stereocenters. The summed E-state index contributed by atoms with van der Waals surface area (Å²) in [5, 5.41) is 13.6. The maximum atomic E-state index is 11.8. The molecule has 2 aromatic heterocycles. The van der Waals surface area contributed by atoms with Crippen LogP contribution in [-0.4, -0.2) is 33.1 Å². The Morgan fingerprint density at radius 1 is 1.29 bits per heavy atom. The van der Waals surface area contributed by atoms with Gasteiger partial charge < -0.3 is 20.2 Å². The van der Waals surface area contributed by atoms with Crippen molar-refractivity contribution < 1.29 is 19.1 Å². The number of carboxylic acids is 1. The number of fused-ring (bicyclic) bond motifs is 1. The number of nitrogens with zero attached hydrogens (tertiary/aromatic N) is 2. The van der Waals surface area contributed by atoms with E-state index in [1.165, 1.54) is 6.92 Å². The summed E-state index contributed by atoms with van der Waals surface area (Å²) >= 11 is 0. The second-order valence-electron chi connectivity index (χ2n) is 5.10. The van der Waals surface area contributed by atoms with Crippen molar-refractivity contribution in [1.82, 2.24) is 15.3 Å². The standard InChI is InChI=1S/C16H14N4O4/c1-9(15(21)22)18-16(23)19-11-4-5-13-12(7-11)20-14(24-13)10-3-2-6-17-8-10/h2-9H,1H3,(H,21,22)(H2,18,19,23). The van der Waals surface area contributed by atoms with Gasteiger partial charge in [-0.15, -0.1) is 0 Å². The second kappa shape index (κ2) is 6.37. The van der Waals surface area contributed by atoms with Crippen LogP contribution in [0.3, 0.4) is 0 Å². The average Bonchev–Trinajstić information content (AvgIpc) is 2.98. The van der Waals surface area contributed by atoms with Gasteiger partial charge in [0.05, 0.1) is 5.56 Å². The van der Waals surface area contributed by atoms with Gasteiger partial charge in [0.2, 0.25) is 5.89 Å². The molecule has 24 heavy (non-hydrogen) atoms. The minimum Gasteiger partial charge on any atom is -0.480 e. The number of carbonyl (C=O) groups excluding carboxylic acids is 1. The fraction of sp³-hybridized carbons (Fsp3) is 0.125. The van der Waals surface area contributed by atoms with Gasteiger partial charge in [-0.1, -0.05) is 0 Å². The predicted molar refractivity (Wildman–Crippen MR) is 86.5 cm³/mol. The molecule has 3 aromatic rings. The van der Waals surface area contributed by atoms with Crippen molar-refractivity contribution >= 4 is 28.8 Å². The van der Waals surface area contributed by atoms with E-state index in [0.717, 1.165) is 5.56 Å². The molecule has 0 bridgehead atoms. The summed E-state index contributed by atoms with van der Waals surface area (Å²) in [5.74, 6) is -0.683. The van der Waals surface area contributed by atoms with Gasteiger partial charge in [0.15, 0.2) is 5.58 Å². The molecular formula is C16H14N4O4. The van der Waals surface area contributed by atoms with Gasteiger partial charge in [-0.2, -0.15) is 0 Å². The zero-order valence-corrected chi connectivity index (χ0v) is 12.7. The first-order chi connectivity index (χ1) is 11.5. The van der Waals surface area contributed by atoms with Gasteiger partial charge >= 0.3 is 12.0 Å². The molecule has 1 atom stereocenters. The van der Waals surface area contributed by atoms with Gasteiger partial charge in [0.25, 0.3) is 0 Å². The smallest absolute Gasteiger partial charge is 0.325 e. The minimum atomic E-state index is -1.11. The Kier molecular flexibility index (Phi) is 4.11. The number of nitrogens with one attached hydrogen (secondary N) is 2. The number of carbonyl (C=O) groups is 2. The second-order valence-corrected chi connectivity index (χ2v) is 5.10. The van der Waals surface area contributed by atoms with Crippen LogP contribution in [0.4, 0.5) is 10.5 Å². The molecule has 122 valence electrons. The van der Waals surface area contributed by atoms with E-state index in [0.29, 0.717) is 22.7 Å². The molecule has 0 aliphatic rings. The summed E-state index contributed by atoms with van der Waals surface area (Å²) in [6.45, 7) is 1.38. The number of aromatic nitrogens is 2. The highest BCUT2D eigenvalue weighted by Gasteiger charge is 2.14. The molecular weight excluding hydrogens is 312 g/mol. The number of oxazole rings is 1. The summed E-state index contributed by atoms with van der Waals surface area (Å²) in [6, 6.07) is 6.98. The van der Waals surface area contributed by atoms with Crippen LogP contribution in [0.2, 0.25) is 0 Å². The van der Waals surface area contributed by atoms with Gasteiger partial charge in [0, 0.05) is 18.1 Å². The number of amides is 2. The van der Waals surface area contributed by atoms with Crippen LogP contribution in [0.1, 0.15) is 6.92 Å². The Balaban J connectivity index is 1.79. The number of pyridine rings is 1. The lowest BCUT2D eigenvalue weighted by molar-refractivity contribution is -0.138. The normalized spacial score (nSPS) is 11.9. The van der Waals surface area contributed by atoms with E-state index in [-0.39, 0.29) is 0 Å². The van der Waals surface area contributed by atoms with Crippen molar-refractivity contribution in [2.75, 3.05) is 5.32 Å². The van der Waals surface area contributed by atoms with Crippen LogP contribution < -0.4 is 10.6 Å². The van der Waals surface area contributed by atoms with Crippen LogP contribution in [0.5, 0.6) is 0 Å². The number of aliphatic carboxylic acids is 1. The first-order valence-corrected chi connectivity index (χ1v) is 7.14. The van der Waals surface area contributed by atoms with Gasteiger partial charge in [-0.3, -0.25) is 9.78 Å². The molecule has 0 saturated heterocycles. The first kappa shape index (κ1) is 15.5. The summed E-state index contributed by atoms with van der Waals surface area (Å²) in [5.41, 5.74) is 2.36. The third-order valence-electron chi connectivity index (χ3n) is 3.27. The molecule has 0 spiro atoms. The van der Waals surface area contributed by atoms with Crippen molar-refractivity contribution in [2.45, 2.75) is 13.0 Å². The molecule has 0 fully saturated rings. The number of rotatable bonds is 4. The van der Waals surface area contributed by atoms with Gasteiger partial charge in [-0.25, -0.2) is 9.78 Å². The van der Waals surface area contributed by atoms with Crippen LogP contribution in [0.15, 0.2) is 47.1 Å². The Morgan fingerprint density at radius 3 is 2.83 bits per heavy atom. The summed E-state index contributed by atoms with van der Waals surface area (Å²) < 4.78 is 5.65. The van der Waals surface area contributed by atoms with E-state index in [4.69, 9.17) is 9.52 Å². The summed E-state index contributed by atoms with van der Waals surface area (Å²) in [6.07, 6.45) is 3.30. The van der Waals surface area contributed by atoms with E-state index in [1.807, 2.05) is 6.07 Å². The van der Waals surface area contributed by atoms with Gasteiger partial charge in [0.1, 0.15) is 11.6 Å². The van der Waals surface area contributed by atoms with Crippen molar-refractivity contribution in [1.29, 1.82) is 0 Å². The quantitative estimate of drug-likeness (QED) is 0.678. The van der Waals surface area contributed by atoms with E-state index < -0.39 is 18.0 Å². The van der Waals surface area contributed by atoms with Crippen molar-refractivity contribution in [3.05, 3.63) is 42.7 Å². The third-order valence-corrected chi connectivity index (χ3v) is 3.27. The number of carboxylic acid groups (broad SMARTS) is 1. The number of hydrogen-bond donors (Lipinski definition) is 3. The van der Waals surface area contributed by atoms with E-state index in [2.05, 4.69) is 20.6 Å². The molecule has 8 nitrogen and oxygen atoms in total. The zero-order chi connectivity index (χ0) is 17.1. The fourth-order valence-electron chi connectivity index (χ4n) is 2.04. The lowest BCUT2D eigenvalue weighted by Gasteiger charge is -2.10. The first-order valence-electron chi connectivity index (χ1n) is 7.14. The Hall–Kier alpha value is -3.42. The van der Waals surface area contributed by atoms with Crippen molar-refractivity contribution in [3.8, 4) is 11.5 Å².